The normalized spacial score (nSPS) is 28.3. The molecule has 0 bridgehead atoms. The van der Waals surface area contributed by atoms with Crippen LogP contribution in [0.2, 0.25) is 0 Å². The van der Waals surface area contributed by atoms with E-state index in [1.165, 1.54) is 12.0 Å². The van der Waals surface area contributed by atoms with Crippen molar-refractivity contribution in [2.24, 2.45) is 5.41 Å². The molecule has 2 nitrogen and oxygen atoms in total. The smallest absolute Gasteiger partial charge is 0.0628 e. The molecule has 1 aliphatic rings. The fraction of sp³-hybridized carbons (Fsp3) is 0.647. The van der Waals surface area contributed by atoms with E-state index in [9.17, 15) is 0 Å². The van der Waals surface area contributed by atoms with Gasteiger partial charge in [-0.2, -0.15) is 0 Å². The topological polar surface area (TPSA) is 21.3 Å². The monoisotopic (exact) mass is 261 g/mol. The Labute approximate surface area is 117 Å². The number of methoxy groups -OCH3 is 1. The Morgan fingerprint density at radius 2 is 2.00 bits per heavy atom. The van der Waals surface area contributed by atoms with Gasteiger partial charge in [-0.1, -0.05) is 37.3 Å². The highest BCUT2D eigenvalue weighted by atomic mass is 16.5. The molecular formula is C17H27NO. The second kappa shape index (κ2) is 5.64. The Balaban J connectivity index is 2.25. The van der Waals surface area contributed by atoms with Gasteiger partial charge in [-0.05, 0) is 44.2 Å². The summed E-state index contributed by atoms with van der Waals surface area (Å²) in [7, 11) is 1.82. The number of ether oxygens (including phenoxy) is 1. The third kappa shape index (κ3) is 3.37. The van der Waals surface area contributed by atoms with Gasteiger partial charge in [0.1, 0.15) is 0 Å². The minimum absolute atomic E-state index is 0.0564. The first-order valence-corrected chi connectivity index (χ1v) is 7.28. The maximum atomic E-state index is 5.67. The molecule has 2 heteroatoms. The first-order chi connectivity index (χ1) is 8.97. The molecule has 1 saturated heterocycles. The van der Waals surface area contributed by atoms with E-state index < -0.39 is 0 Å². The van der Waals surface area contributed by atoms with Crippen molar-refractivity contribution in [2.45, 2.75) is 45.1 Å². The molecule has 0 aliphatic carbocycles. The summed E-state index contributed by atoms with van der Waals surface area (Å²) in [6.45, 7) is 9.00. The van der Waals surface area contributed by atoms with E-state index in [0.29, 0.717) is 11.3 Å². The van der Waals surface area contributed by atoms with Crippen LogP contribution < -0.4 is 5.32 Å². The molecule has 2 atom stereocenters. The molecule has 1 aliphatic heterocycles. The first-order valence-electron chi connectivity index (χ1n) is 7.28. The molecule has 0 amide bonds. The van der Waals surface area contributed by atoms with E-state index in [0.717, 1.165) is 19.5 Å². The molecule has 0 saturated carbocycles. The second-order valence-corrected chi connectivity index (χ2v) is 6.71. The molecule has 1 aromatic rings. The highest BCUT2D eigenvalue weighted by Gasteiger charge is 2.41. The lowest BCUT2D eigenvalue weighted by Crippen LogP contribution is -2.45. The lowest BCUT2D eigenvalue weighted by Gasteiger charge is -2.46. The Bertz CT molecular complexity index is 401. The number of hydrogen-bond acceptors (Lipinski definition) is 2. The lowest BCUT2D eigenvalue weighted by atomic mass is 9.64. The highest BCUT2D eigenvalue weighted by molar-refractivity contribution is 5.23. The summed E-state index contributed by atoms with van der Waals surface area (Å²) in [5, 5.41) is 3.55. The van der Waals surface area contributed by atoms with E-state index in [1.807, 2.05) is 7.11 Å². The fourth-order valence-electron chi connectivity index (χ4n) is 3.50. The van der Waals surface area contributed by atoms with Gasteiger partial charge in [-0.3, -0.25) is 0 Å². The maximum absolute atomic E-state index is 5.67. The molecule has 2 unspecified atom stereocenters. The number of nitrogens with one attached hydrogen (secondary N) is 1. The average Bonchev–Trinajstić information content (AvgIpc) is 2.39. The quantitative estimate of drug-likeness (QED) is 0.894. The molecule has 1 aromatic carbocycles. The summed E-state index contributed by atoms with van der Waals surface area (Å²) in [5.74, 6) is 0.567. The fourth-order valence-corrected chi connectivity index (χ4v) is 3.50. The zero-order valence-electron chi connectivity index (χ0n) is 12.7. The summed E-state index contributed by atoms with van der Waals surface area (Å²) in [6, 6.07) is 10.9. The Hall–Kier alpha value is -0.860. The first kappa shape index (κ1) is 14.5. The van der Waals surface area contributed by atoms with Crippen LogP contribution in [0.1, 0.15) is 45.1 Å². The van der Waals surface area contributed by atoms with Crippen LogP contribution in [0.4, 0.5) is 0 Å². The van der Waals surface area contributed by atoms with Crippen molar-refractivity contribution in [2.75, 3.05) is 20.2 Å². The van der Waals surface area contributed by atoms with Crippen molar-refractivity contribution in [3.63, 3.8) is 0 Å². The van der Waals surface area contributed by atoms with Gasteiger partial charge in [0.2, 0.25) is 0 Å². The molecule has 1 fully saturated rings. The lowest BCUT2D eigenvalue weighted by molar-refractivity contribution is -0.0295. The van der Waals surface area contributed by atoms with Crippen LogP contribution in [0, 0.1) is 5.41 Å². The van der Waals surface area contributed by atoms with Crippen molar-refractivity contribution >= 4 is 0 Å². The molecule has 1 N–H and O–H groups in total. The summed E-state index contributed by atoms with van der Waals surface area (Å²) in [5.41, 5.74) is 1.69. The van der Waals surface area contributed by atoms with Crippen LogP contribution in [-0.4, -0.2) is 25.8 Å². The van der Waals surface area contributed by atoms with E-state index in [2.05, 4.69) is 56.4 Å². The number of rotatable bonds is 4. The van der Waals surface area contributed by atoms with Crippen LogP contribution in [0.25, 0.3) is 0 Å². The van der Waals surface area contributed by atoms with Crippen molar-refractivity contribution in [3.8, 4) is 0 Å². The van der Waals surface area contributed by atoms with Crippen LogP contribution in [0.15, 0.2) is 30.3 Å². The number of benzene rings is 1. The van der Waals surface area contributed by atoms with Crippen LogP contribution in [-0.2, 0) is 4.74 Å². The van der Waals surface area contributed by atoms with Gasteiger partial charge in [-0.15, -0.1) is 0 Å². The van der Waals surface area contributed by atoms with Crippen molar-refractivity contribution in [1.29, 1.82) is 0 Å². The molecule has 106 valence electrons. The van der Waals surface area contributed by atoms with E-state index in [1.54, 1.807) is 0 Å². The molecule has 2 rings (SSSR count). The van der Waals surface area contributed by atoms with Gasteiger partial charge in [-0.25, -0.2) is 0 Å². The Morgan fingerprint density at radius 3 is 2.63 bits per heavy atom. The maximum Gasteiger partial charge on any atom is 0.0628 e. The van der Waals surface area contributed by atoms with Gasteiger partial charge < -0.3 is 10.1 Å². The second-order valence-electron chi connectivity index (χ2n) is 6.71. The zero-order chi connectivity index (χ0) is 13.9. The summed E-state index contributed by atoms with van der Waals surface area (Å²) in [6.07, 6.45) is 2.30. The SMILES string of the molecule is COC(C)(C)CC1(C)CCNCC1c1ccccc1. The minimum Gasteiger partial charge on any atom is -0.379 e. The third-order valence-electron chi connectivity index (χ3n) is 4.65. The largest absolute Gasteiger partial charge is 0.379 e. The van der Waals surface area contributed by atoms with Crippen LogP contribution in [0.3, 0.4) is 0 Å². The van der Waals surface area contributed by atoms with Crippen molar-refractivity contribution in [3.05, 3.63) is 35.9 Å². The Kier molecular flexibility index (Phi) is 4.32. The van der Waals surface area contributed by atoms with Crippen molar-refractivity contribution in [1.82, 2.24) is 5.32 Å². The summed E-state index contributed by atoms with van der Waals surface area (Å²) >= 11 is 0. The molecule has 19 heavy (non-hydrogen) atoms. The Morgan fingerprint density at radius 1 is 1.32 bits per heavy atom. The predicted octanol–water partition coefficient (Wildman–Crippen LogP) is 3.58. The molecule has 0 aromatic heterocycles. The molecular weight excluding hydrogens is 234 g/mol. The van der Waals surface area contributed by atoms with Gasteiger partial charge in [0.25, 0.3) is 0 Å². The summed E-state index contributed by atoms with van der Waals surface area (Å²) in [4.78, 5) is 0. The number of piperidine rings is 1. The zero-order valence-corrected chi connectivity index (χ0v) is 12.7. The minimum atomic E-state index is -0.0564. The number of hydrogen-bond donors (Lipinski definition) is 1. The summed E-state index contributed by atoms with van der Waals surface area (Å²) < 4.78 is 5.67. The van der Waals surface area contributed by atoms with Gasteiger partial charge >= 0.3 is 0 Å². The molecule has 0 spiro atoms. The van der Waals surface area contributed by atoms with E-state index in [-0.39, 0.29) is 5.60 Å². The van der Waals surface area contributed by atoms with Gasteiger partial charge in [0.15, 0.2) is 0 Å². The van der Waals surface area contributed by atoms with Crippen LogP contribution >= 0.6 is 0 Å². The van der Waals surface area contributed by atoms with Crippen molar-refractivity contribution < 1.29 is 4.74 Å². The van der Waals surface area contributed by atoms with Gasteiger partial charge in [0, 0.05) is 19.6 Å². The molecule has 0 radical (unpaired) electrons. The third-order valence-corrected chi connectivity index (χ3v) is 4.65. The van der Waals surface area contributed by atoms with E-state index >= 15 is 0 Å². The highest BCUT2D eigenvalue weighted by Crippen LogP contribution is 2.46. The van der Waals surface area contributed by atoms with Gasteiger partial charge in [0.05, 0.1) is 5.60 Å². The molecule has 1 heterocycles. The predicted molar refractivity (Wildman–Crippen MR) is 80.5 cm³/mol. The van der Waals surface area contributed by atoms with E-state index in [4.69, 9.17) is 4.74 Å². The van der Waals surface area contributed by atoms with Crippen LogP contribution in [0.5, 0.6) is 0 Å². The average molecular weight is 261 g/mol. The standard InChI is InChI=1S/C17H27NO/c1-16(2,19-4)13-17(3)10-11-18-12-15(17)14-8-6-5-7-9-14/h5-9,15,18H,10-13H2,1-4H3.